The third-order valence-electron chi connectivity index (χ3n) is 4.69. The molecule has 8 nitrogen and oxygen atoms in total. The molecule has 2 heterocycles. The van der Waals surface area contributed by atoms with Crippen LogP contribution < -0.4 is 5.56 Å². The van der Waals surface area contributed by atoms with Crippen LogP contribution in [-0.2, 0) is 11.3 Å². The first-order valence-corrected chi connectivity index (χ1v) is 10.3. The molecule has 9 heteroatoms. The third-order valence-corrected chi connectivity index (χ3v) is 5.71. The smallest absolute Gasteiger partial charge is 0.248 e. The first-order valence-electron chi connectivity index (χ1n) is 9.39. The van der Waals surface area contributed by atoms with E-state index in [1.807, 2.05) is 61.5 Å². The predicted molar refractivity (Wildman–Crippen MR) is 116 cm³/mol. The van der Waals surface area contributed by atoms with Crippen molar-refractivity contribution in [3.63, 3.8) is 0 Å². The van der Waals surface area contributed by atoms with Crippen LogP contribution in [0.3, 0.4) is 0 Å². The number of pyridine rings is 1. The lowest BCUT2D eigenvalue weighted by atomic mass is 10.1. The Hall–Kier alpha value is -3.46. The fraction of sp³-hybridized carbons (Fsp3) is 0.190. The van der Waals surface area contributed by atoms with E-state index >= 15 is 0 Å². The van der Waals surface area contributed by atoms with Crippen LogP contribution >= 0.6 is 11.8 Å². The minimum atomic E-state index is -0.406. The van der Waals surface area contributed by atoms with Crippen molar-refractivity contribution in [1.29, 1.82) is 0 Å². The van der Waals surface area contributed by atoms with Gasteiger partial charge in [0.15, 0.2) is 0 Å². The number of rotatable bonds is 6. The van der Waals surface area contributed by atoms with Crippen molar-refractivity contribution >= 4 is 28.6 Å². The summed E-state index contributed by atoms with van der Waals surface area (Å²) in [4.78, 5) is 29.4. The lowest BCUT2D eigenvalue weighted by Gasteiger charge is -2.21. The minimum Gasteiger partial charge on any atom is -0.340 e. The molecular weight excluding hydrogens is 400 g/mol. The number of aromatic amines is 1. The number of carbonyl (C=O) groups excluding carboxylic acids is 1. The normalized spacial score (nSPS) is 12.1. The fourth-order valence-corrected chi connectivity index (χ4v) is 4.17. The molecule has 2 aromatic carbocycles. The Morgan fingerprint density at radius 1 is 1.17 bits per heavy atom. The van der Waals surface area contributed by atoms with Crippen LogP contribution in [-0.4, -0.2) is 48.3 Å². The summed E-state index contributed by atoms with van der Waals surface area (Å²) in [5, 5.41) is 12.9. The van der Waals surface area contributed by atoms with Crippen LogP contribution in [0.25, 0.3) is 16.6 Å². The minimum absolute atomic E-state index is 0.0769. The van der Waals surface area contributed by atoms with Gasteiger partial charge in [0.25, 0.3) is 0 Å². The summed E-state index contributed by atoms with van der Waals surface area (Å²) >= 11 is 1.29. The molecule has 0 fully saturated rings. The molecule has 0 aliphatic carbocycles. The Balaban J connectivity index is 1.51. The average molecular weight is 420 g/mol. The Bertz CT molecular complexity index is 1240. The molecule has 1 amide bonds. The molecule has 0 saturated heterocycles. The third kappa shape index (κ3) is 4.11. The number of para-hydroxylation sites is 2. The molecule has 2 aromatic heterocycles. The van der Waals surface area contributed by atoms with Crippen molar-refractivity contribution in [2.45, 2.75) is 23.9 Å². The van der Waals surface area contributed by atoms with E-state index in [1.165, 1.54) is 11.8 Å². The number of tetrazole rings is 1. The number of benzene rings is 2. The Morgan fingerprint density at radius 3 is 2.70 bits per heavy atom. The van der Waals surface area contributed by atoms with Crippen LogP contribution in [0.1, 0.15) is 12.5 Å². The van der Waals surface area contributed by atoms with Gasteiger partial charge < -0.3 is 9.88 Å². The molecule has 1 atom stereocenters. The van der Waals surface area contributed by atoms with E-state index in [9.17, 15) is 9.59 Å². The molecule has 30 heavy (non-hydrogen) atoms. The van der Waals surface area contributed by atoms with Crippen LogP contribution in [0.2, 0.25) is 0 Å². The van der Waals surface area contributed by atoms with Crippen molar-refractivity contribution in [2.75, 3.05) is 7.05 Å². The van der Waals surface area contributed by atoms with E-state index in [-0.39, 0.29) is 11.5 Å². The van der Waals surface area contributed by atoms with E-state index in [0.717, 1.165) is 22.2 Å². The highest BCUT2D eigenvalue weighted by Crippen LogP contribution is 2.25. The number of H-pyrrole nitrogens is 1. The topological polar surface area (TPSA) is 96.8 Å². The summed E-state index contributed by atoms with van der Waals surface area (Å²) in [5.74, 6) is -0.0769. The summed E-state index contributed by atoms with van der Waals surface area (Å²) < 4.78 is 1.61. The van der Waals surface area contributed by atoms with Crippen molar-refractivity contribution in [2.24, 2.45) is 0 Å². The van der Waals surface area contributed by atoms with E-state index in [1.54, 1.807) is 22.7 Å². The zero-order chi connectivity index (χ0) is 21.1. The molecule has 4 aromatic rings. The monoisotopic (exact) mass is 420 g/mol. The summed E-state index contributed by atoms with van der Waals surface area (Å²) in [6.45, 7) is 2.15. The molecule has 1 N–H and O–H groups in total. The number of fused-ring (bicyclic) bond motifs is 1. The van der Waals surface area contributed by atoms with Gasteiger partial charge in [-0.2, -0.15) is 4.68 Å². The maximum Gasteiger partial charge on any atom is 0.248 e. The van der Waals surface area contributed by atoms with Crippen LogP contribution in [0.15, 0.2) is 70.6 Å². The predicted octanol–water partition coefficient (Wildman–Crippen LogP) is 2.64. The van der Waals surface area contributed by atoms with Crippen molar-refractivity contribution in [3.05, 3.63) is 76.6 Å². The Kier molecular flexibility index (Phi) is 5.62. The average Bonchev–Trinajstić information content (AvgIpc) is 3.21. The van der Waals surface area contributed by atoms with Crippen LogP contribution in [0.4, 0.5) is 0 Å². The zero-order valence-corrected chi connectivity index (χ0v) is 17.3. The van der Waals surface area contributed by atoms with Gasteiger partial charge in [0.05, 0.1) is 10.9 Å². The van der Waals surface area contributed by atoms with Crippen molar-refractivity contribution < 1.29 is 4.79 Å². The van der Waals surface area contributed by atoms with Crippen LogP contribution in [0, 0.1) is 0 Å². The van der Waals surface area contributed by atoms with Gasteiger partial charge in [-0.1, -0.05) is 48.2 Å². The van der Waals surface area contributed by atoms with E-state index in [4.69, 9.17) is 0 Å². The van der Waals surface area contributed by atoms with Gasteiger partial charge in [-0.3, -0.25) is 9.59 Å². The summed E-state index contributed by atoms with van der Waals surface area (Å²) in [6.07, 6.45) is 0. The number of nitrogens with zero attached hydrogens (tertiary/aromatic N) is 5. The molecule has 0 aliphatic rings. The molecule has 1 unspecified atom stereocenters. The Morgan fingerprint density at radius 2 is 1.90 bits per heavy atom. The number of carbonyl (C=O) groups is 1. The number of thioether (sulfide) groups is 1. The summed E-state index contributed by atoms with van der Waals surface area (Å²) in [7, 11) is 1.73. The second-order valence-electron chi connectivity index (χ2n) is 6.87. The maximum atomic E-state index is 13.0. The number of aromatic nitrogens is 5. The number of hydrogen-bond acceptors (Lipinski definition) is 6. The first kappa shape index (κ1) is 19.8. The summed E-state index contributed by atoms with van der Waals surface area (Å²) in [5.41, 5.74) is 2.20. The second kappa shape index (κ2) is 8.50. The quantitative estimate of drug-likeness (QED) is 0.482. The van der Waals surface area contributed by atoms with Gasteiger partial charge in [0, 0.05) is 30.6 Å². The number of hydrogen-bond donors (Lipinski definition) is 1. The number of nitrogens with one attached hydrogen (secondary N) is 1. The highest BCUT2D eigenvalue weighted by Gasteiger charge is 2.22. The Labute approximate surface area is 176 Å². The standard InChI is InChI=1S/C21H20N6O2S/c1-14(30-21-23-24-25-27(21)16-8-4-3-5-9-16)20(29)26(2)13-15-12-19(28)22-18-11-7-6-10-17(15)18/h3-12,14H,13H2,1-2H3,(H,22,28). The van der Waals surface area contributed by atoms with E-state index in [0.29, 0.717) is 11.7 Å². The maximum absolute atomic E-state index is 13.0. The molecule has 0 bridgehead atoms. The highest BCUT2D eigenvalue weighted by molar-refractivity contribution is 8.00. The molecule has 0 saturated carbocycles. The van der Waals surface area contributed by atoms with Gasteiger partial charge in [-0.15, -0.1) is 5.10 Å². The molecule has 0 radical (unpaired) electrons. The van der Waals surface area contributed by atoms with E-state index < -0.39 is 5.25 Å². The van der Waals surface area contributed by atoms with Crippen LogP contribution in [0.5, 0.6) is 0 Å². The van der Waals surface area contributed by atoms with Gasteiger partial charge in [-0.05, 0) is 41.1 Å². The van der Waals surface area contributed by atoms with Gasteiger partial charge in [0.2, 0.25) is 16.6 Å². The van der Waals surface area contributed by atoms with E-state index in [2.05, 4.69) is 20.5 Å². The molecule has 0 aliphatic heterocycles. The number of amides is 1. The SMILES string of the molecule is CC(Sc1nnnn1-c1ccccc1)C(=O)N(C)Cc1cc(=O)[nH]c2ccccc12. The van der Waals surface area contributed by atoms with Gasteiger partial charge in [0.1, 0.15) is 0 Å². The molecule has 4 rings (SSSR count). The fourth-order valence-electron chi connectivity index (χ4n) is 3.24. The van der Waals surface area contributed by atoms with Gasteiger partial charge >= 0.3 is 0 Å². The van der Waals surface area contributed by atoms with Crippen molar-refractivity contribution in [3.8, 4) is 5.69 Å². The molecule has 152 valence electrons. The molecule has 0 spiro atoms. The first-order chi connectivity index (χ1) is 14.5. The largest absolute Gasteiger partial charge is 0.340 e. The zero-order valence-electron chi connectivity index (χ0n) is 16.5. The second-order valence-corrected chi connectivity index (χ2v) is 8.18. The lowest BCUT2D eigenvalue weighted by molar-refractivity contribution is -0.129. The molecular formula is C21H20N6O2S. The summed E-state index contributed by atoms with van der Waals surface area (Å²) in [6, 6.07) is 18.6. The van der Waals surface area contributed by atoms with Gasteiger partial charge in [-0.25, -0.2) is 0 Å². The van der Waals surface area contributed by atoms with Crippen molar-refractivity contribution in [1.82, 2.24) is 30.1 Å². The lowest BCUT2D eigenvalue weighted by Crippen LogP contribution is -2.33. The highest BCUT2D eigenvalue weighted by atomic mass is 32.2.